The number of hydrogen-bond acceptors (Lipinski definition) is 3. The molecule has 0 aliphatic heterocycles. The fraction of sp³-hybridized carbons (Fsp3) is 0.600. The second-order valence-corrected chi connectivity index (χ2v) is 7.86. The topological polar surface area (TPSA) is 72.9 Å². The van der Waals surface area contributed by atoms with E-state index in [0.29, 0.717) is 23.8 Å². The van der Waals surface area contributed by atoms with E-state index in [1.807, 2.05) is 0 Å². The highest BCUT2D eigenvalue weighted by atomic mass is 16.2. The van der Waals surface area contributed by atoms with Crippen LogP contribution in [-0.4, -0.2) is 21.5 Å². The zero-order chi connectivity index (χ0) is 17.6. The number of benzene rings is 1. The summed E-state index contributed by atoms with van der Waals surface area (Å²) in [6.07, 6.45) is 5.47. The summed E-state index contributed by atoms with van der Waals surface area (Å²) in [5, 5.41) is 3.12. The van der Waals surface area contributed by atoms with Crippen LogP contribution in [0.15, 0.2) is 18.2 Å². The monoisotopic (exact) mass is 340 g/mol. The zero-order valence-corrected chi connectivity index (χ0v) is 15.2. The lowest BCUT2D eigenvalue weighted by molar-refractivity contribution is -0.122. The Balaban J connectivity index is 1.56. The third kappa shape index (κ3) is 2.95. The van der Waals surface area contributed by atoms with Gasteiger partial charge in [-0.25, -0.2) is 4.98 Å². The van der Waals surface area contributed by atoms with Crippen molar-refractivity contribution in [3.63, 3.8) is 0 Å². The number of aromatic nitrogens is 2. The first-order chi connectivity index (χ1) is 12.1. The van der Waals surface area contributed by atoms with E-state index in [1.54, 1.807) is 0 Å². The normalized spacial score (nSPS) is 28.9. The van der Waals surface area contributed by atoms with Gasteiger partial charge < -0.3 is 10.3 Å². The van der Waals surface area contributed by atoms with Crippen molar-refractivity contribution in [3.05, 3.63) is 23.8 Å². The van der Waals surface area contributed by atoms with E-state index in [1.165, 1.54) is 24.8 Å². The van der Waals surface area contributed by atoms with Crippen LogP contribution in [0.4, 0.5) is 5.95 Å². The van der Waals surface area contributed by atoms with E-state index in [0.717, 1.165) is 30.4 Å². The molecule has 1 aromatic carbocycles. The van der Waals surface area contributed by atoms with Gasteiger partial charge in [0.2, 0.25) is 11.9 Å². The van der Waals surface area contributed by atoms with Crippen LogP contribution >= 0.6 is 0 Å². The molecular weight excluding hydrogens is 312 g/mol. The number of hydrogen-bond donors (Lipinski definition) is 2. The van der Waals surface area contributed by atoms with Gasteiger partial charge in [0, 0.05) is 18.5 Å². The lowest BCUT2D eigenvalue weighted by atomic mass is 9.65. The summed E-state index contributed by atoms with van der Waals surface area (Å²) < 4.78 is 2.09. The van der Waals surface area contributed by atoms with Crippen LogP contribution < -0.4 is 11.1 Å². The predicted molar refractivity (Wildman–Crippen MR) is 100 cm³/mol. The van der Waals surface area contributed by atoms with Crippen molar-refractivity contribution in [2.75, 3.05) is 5.32 Å². The molecule has 3 N–H and O–H groups in total. The van der Waals surface area contributed by atoms with Gasteiger partial charge in [0.1, 0.15) is 0 Å². The van der Waals surface area contributed by atoms with Gasteiger partial charge in [-0.1, -0.05) is 12.5 Å². The Morgan fingerprint density at radius 3 is 2.72 bits per heavy atom. The van der Waals surface area contributed by atoms with Gasteiger partial charge >= 0.3 is 0 Å². The number of anilines is 1. The van der Waals surface area contributed by atoms with E-state index < -0.39 is 0 Å². The first-order valence-corrected chi connectivity index (χ1v) is 9.60. The molecule has 134 valence electrons. The lowest BCUT2D eigenvalue weighted by Crippen LogP contribution is -2.48. The Morgan fingerprint density at radius 1 is 1.32 bits per heavy atom. The molecular formula is C20H28N4O. The van der Waals surface area contributed by atoms with Gasteiger partial charge in [-0.05, 0) is 69.1 Å². The molecule has 1 amide bonds. The molecule has 2 aliphatic rings. The number of fused-ring (bicyclic) bond motifs is 3. The summed E-state index contributed by atoms with van der Waals surface area (Å²) in [6.45, 7) is 4.93. The Bertz CT molecular complexity index is 782. The van der Waals surface area contributed by atoms with Crippen molar-refractivity contribution in [1.29, 1.82) is 0 Å². The minimum absolute atomic E-state index is 0.0713. The molecule has 2 unspecified atom stereocenters. The quantitative estimate of drug-likeness (QED) is 0.899. The van der Waals surface area contributed by atoms with Crippen LogP contribution in [0.3, 0.4) is 0 Å². The minimum atomic E-state index is 0.0713. The van der Waals surface area contributed by atoms with E-state index in [9.17, 15) is 4.79 Å². The van der Waals surface area contributed by atoms with Crippen LogP contribution in [0, 0.1) is 24.7 Å². The highest BCUT2D eigenvalue weighted by molar-refractivity contribution is 5.93. The number of aryl methyl sites for hydroxylation is 2. The molecule has 25 heavy (non-hydrogen) atoms. The maximum Gasteiger partial charge on any atom is 0.229 e. The summed E-state index contributed by atoms with van der Waals surface area (Å²) in [4.78, 5) is 17.6. The number of imidazole rings is 1. The number of carbonyl (C=O) groups excluding carboxylic acids is 1. The number of amides is 1. The average molecular weight is 340 g/mol. The highest BCUT2D eigenvalue weighted by Crippen LogP contribution is 2.42. The number of nitrogens with zero attached hydrogens (tertiary/aromatic N) is 2. The Hall–Kier alpha value is -1.88. The fourth-order valence-electron chi connectivity index (χ4n) is 4.87. The van der Waals surface area contributed by atoms with E-state index in [2.05, 4.69) is 46.9 Å². The molecule has 0 spiro atoms. The van der Waals surface area contributed by atoms with Crippen LogP contribution in [0.5, 0.6) is 0 Å². The number of carbonyl (C=O) groups is 1. The van der Waals surface area contributed by atoms with Crippen molar-refractivity contribution in [3.8, 4) is 0 Å². The van der Waals surface area contributed by atoms with E-state index >= 15 is 0 Å². The fourth-order valence-corrected chi connectivity index (χ4v) is 4.87. The summed E-state index contributed by atoms with van der Waals surface area (Å²) in [7, 11) is 0. The molecule has 2 atom stereocenters. The second kappa shape index (κ2) is 6.45. The van der Waals surface area contributed by atoms with Crippen molar-refractivity contribution in [2.24, 2.45) is 23.5 Å². The lowest BCUT2D eigenvalue weighted by Gasteiger charge is -2.43. The molecule has 0 radical (unpaired) electrons. The Kier molecular flexibility index (Phi) is 4.28. The van der Waals surface area contributed by atoms with Crippen molar-refractivity contribution in [2.45, 2.75) is 58.5 Å². The van der Waals surface area contributed by atoms with E-state index in [4.69, 9.17) is 5.73 Å². The summed E-state index contributed by atoms with van der Waals surface area (Å²) >= 11 is 0. The molecule has 2 fully saturated rings. The Morgan fingerprint density at radius 2 is 2.04 bits per heavy atom. The van der Waals surface area contributed by atoms with Gasteiger partial charge in [0.15, 0.2) is 0 Å². The first kappa shape index (κ1) is 16.6. The van der Waals surface area contributed by atoms with Gasteiger partial charge in [-0.3, -0.25) is 10.1 Å². The van der Waals surface area contributed by atoms with Crippen molar-refractivity contribution < 1.29 is 4.79 Å². The maximum atomic E-state index is 12.9. The zero-order valence-electron chi connectivity index (χ0n) is 15.2. The van der Waals surface area contributed by atoms with Gasteiger partial charge in [-0.15, -0.1) is 0 Å². The summed E-state index contributed by atoms with van der Waals surface area (Å²) in [6, 6.07) is 6.54. The molecule has 1 aromatic heterocycles. The van der Waals surface area contributed by atoms with Gasteiger partial charge in [-0.2, -0.15) is 0 Å². The molecule has 2 saturated carbocycles. The molecule has 2 bridgehead atoms. The summed E-state index contributed by atoms with van der Waals surface area (Å²) in [5.41, 5.74) is 9.56. The molecule has 1 heterocycles. The second-order valence-electron chi connectivity index (χ2n) is 7.86. The average Bonchev–Trinajstić information content (AvgIpc) is 2.90. The highest BCUT2D eigenvalue weighted by Gasteiger charge is 2.40. The van der Waals surface area contributed by atoms with Crippen LogP contribution in [0.2, 0.25) is 0 Å². The smallest absolute Gasteiger partial charge is 0.229 e. The Labute approximate surface area is 149 Å². The SMILES string of the molecule is CCn1c(NC(=O)C2CC3CCCC(C2)C3N)nc2cc(C)ccc21. The maximum absolute atomic E-state index is 12.9. The molecule has 5 heteroatoms. The predicted octanol–water partition coefficient (Wildman–Crippen LogP) is 3.46. The van der Waals surface area contributed by atoms with Crippen LogP contribution in [-0.2, 0) is 11.3 Å². The standard InChI is InChI=1S/C20H28N4O/c1-3-24-17-8-7-12(2)9-16(17)22-20(24)23-19(25)15-10-13-5-4-6-14(11-15)18(13)21/h7-9,13-15,18H,3-6,10-11,21H2,1-2H3,(H,22,23,25). The number of nitrogens with two attached hydrogens (primary N) is 1. The molecule has 2 aromatic rings. The van der Waals surface area contributed by atoms with Crippen LogP contribution in [0.25, 0.3) is 11.0 Å². The molecule has 5 nitrogen and oxygen atoms in total. The van der Waals surface area contributed by atoms with Crippen molar-refractivity contribution in [1.82, 2.24) is 9.55 Å². The number of nitrogens with one attached hydrogen (secondary N) is 1. The molecule has 2 aliphatic carbocycles. The minimum Gasteiger partial charge on any atom is -0.327 e. The van der Waals surface area contributed by atoms with Gasteiger partial charge in [0.05, 0.1) is 11.0 Å². The third-order valence-electron chi connectivity index (χ3n) is 6.24. The van der Waals surface area contributed by atoms with Gasteiger partial charge in [0.25, 0.3) is 0 Å². The third-order valence-corrected chi connectivity index (χ3v) is 6.24. The molecule has 0 saturated heterocycles. The first-order valence-electron chi connectivity index (χ1n) is 9.60. The largest absolute Gasteiger partial charge is 0.327 e. The van der Waals surface area contributed by atoms with Crippen molar-refractivity contribution >= 4 is 22.9 Å². The molecule has 4 rings (SSSR count). The number of rotatable bonds is 3. The van der Waals surface area contributed by atoms with E-state index in [-0.39, 0.29) is 11.8 Å². The van der Waals surface area contributed by atoms with Crippen LogP contribution in [0.1, 0.15) is 44.6 Å². The summed E-state index contributed by atoms with van der Waals surface area (Å²) in [5.74, 6) is 1.88.